The summed E-state index contributed by atoms with van der Waals surface area (Å²) in [7, 11) is 1.81. The first-order chi connectivity index (χ1) is 9.11. The molecular weight excluding hydrogens is 383 g/mol. The van der Waals surface area contributed by atoms with Gasteiger partial charge in [-0.15, -0.1) is 35.3 Å². The minimum absolute atomic E-state index is 0. The number of nitrogens with zero attached hydrogens (tertiary/aromatic N) is 2. The van der Waals surface area contributed by atoms with Crippen LogP contribution >= 0.6 is 35.3 Å². The van der Waals surface area contributed by atoms with Crippen LogP contribution in [0.2, 0.25) is 0 Å². The average molecular weight is 410 g/mol. The second-order valence-electron chi connectivity index (χ2n) is 5.07. The van der Waals surface area contributed by atoms with Crippen molar-refractivity contribution in [3.63, 3.8) is 0 Å². The Kier molecular flexibility index (Phi) is 11.1. The third-order valence-corrected chi connectivity index (χ3v) is 3.64. The Hall–Kier alpha value is -0.370. The van der Waals surface area contributed by atoms with Gasteiger partial charge in [-0.25, -0.2) is 4.98 Å². The van der Waals surface area contributed by atoms with Gasteiger partial charge in [-0.1, -0.05) is 13.8 Å². The van der Waals surface area contributed by atoms with E-state index in [1.165, 1.54) is 12.8 Å². The molecule has 0 atom stereocenters. The molecule has 0 unspecified atom stereocenters. The number of thiazole rings is 1. The summed E-state index contributed by atoms with van der Waals surface area (Å²) in [6, 6.07) is 0. The van der Waals surface area contributed by atoms with Gasteiger partial charge in [0.15, 0.2) is 5.96 Å². The van der Waals surface area contributed by atoms with Crippen molar-refractivity contribution in [3.8, 4) is 0 Å². The third kappa shape index (κ3) is 8.73. The van der Waals surface area contributed by atoms with Gasteiger partial charge < -0.3 is 10.6 Å². The molecule has 0 bridgehead atoms. The number of halogens is 1. The lowest BCUT2D eigenvalue weighted by atomic mass is 10.1. The lowest BCUT2D eigenvalue weighted by Gasteiger charge is -2.11. The van der Waals surface area contributed by atoms with Crippen molar-refractivity contribution in [1.29, 1.82) is 0 Å². The van der Waals surface area contributed by atoms with Gasteiger partial charge in [0.05, 0.1) is 10.7 Å². The zero-order valence-electron chi connectivity index (χ0n) is 12.9. The van der Waals surface area contributed by atoms with Crippen LogP contribution in [0.3, 0.4) is 0 Å². The number of rotatable bonds is 7. The molecule has 4 nitrogen and oxygen atoms in total. The summed E-state index contributed by atoms with van der Waals surface area (Å²) in [6.45, 7) is 8.39. The number of aryl methyl sites for hydroxylation is 1. The highest BCUT2D eigenvalue weighted by Crippen LogP contribution is 2.07. The molecule has 0 radical (unpaired) electrons. The van der Waals surface area contributed by atoms with Crippen LogP contribution in [0.25, 0.3) is 0 Å². The van der Waals surface area contributed by atoms with Crippen molar-refractivity contribution in [2.75, 3.05) is 20.1 Å². The van der Waals surface area contributed by atoms with E-state index in [0.29, 0.717) is 0 Å². The fourth-order valence-corrected chi connectivity index (χ4v) is 2.42. The van der Waals surface area contributed by atoms with E-state index in [4.69, 9.17) is 0 Å². The molecule has 0 aliphatic heterocycles. The van der Waals surface area contributed by atoms with Crippen molar-refractivity contribution in [3.05, 3.63) is 16.1 Å². The van der Waals surface area contributed by atoms with Gasteiger partial charge in [0.1, 0.15) is 0 Å². The van der Waals surface area contributed by atoms with Crippen LogP contribution < -0.4 is 10.6 Å². The molecule has 20 heavy (non-hydrogen) atoms. The molecule has 0 amide bonds. The van der Waals surface area contributed by atoms with Crippen LogP contribution in [0.1, 0.15) is 37.4 Å². The number of guanidine groups is 1. The van der Waals surface area contributed by atoms with Crippen LogP contribution in [0.5, 0.6) is 0 Å². The van der Waals surface area contributed by atoms with Gasteiger partial charge in [-0.3, -0.25) is 4.99 Å². The summed E-state index contributed by atoms with van der Waals surface area (Å²) in [5.74, 6) is 1.65. The standard InChI is InChI=1S/C14H26N4S.HI/c1-11(2)6-5-8-16-14(15-4)17-9-7-13-10-19-12(3)18-13;/h10-11H,5-9H2,1-4H3,(H2,15,16,17);1H. The Balaban J connectivity index is 0.00000361. The maximum absolute atomic E-state index is 4.45. The van der Waals surface area contributed by atoms with E-state index in [-0.39, 0.29) is 24.0 Å². The summed E-state index contributed by atoms with van der Waals surface area (Å²) in [6.07, 6.45) is 3.38. The molecule has 0 spiro atoms. The summed E-state index contributed by atoms with van der Waals surface area (Å²) < 4.78 is 0. The Morgan fingerprint density at radius 1 is 1.35 bits per heavy atom. The molecule has 0 aromatic carbocycles. The van der Waals surface area contributed by atoms with Gasteiger partial charge in [-0.05, 0) is 25.7 Å². The lowest BCUT2D eigenvalue weighted by Crippen LogP contribution is -2.38. The van der Waals surface area contributed by atoms with Gasteiger partial charge in [0.2, 0.25) is 0 Å². The highest BCUT2D eigenvalue weighted by atomic mass is 127. The second-order valence-corrected chi connectivity index (χ2v) is 6.13. The van der Waals surface area contributed by atoms with Crippen molar-refractivity contribution in [2.45, 2.75) is 40.0 Å². The van der Waals surface area contributed by atoms with Gasteiger partial charge in [0, 0.05) is 31.9 Å². The molecule has 0 fully saturated rings. The molecule has 1 heterocycles. The molecule has 0 saturated heterocycles. The predicted molar refractivity (Wildman–Crippen MR) is 99.4 cm³/mol. The van der Waals surface area contributed by atoms with Crippen molar-refractivity contribution < 1.29 is 0 Å². The monoisotopic (exact) mass is 410 g/mol. The molecule has 1 rings (SSSR count). The number of nitrogens with one attached hydrogen (secondary N) is 2. The van der Waals surface area contributed by atoms with Crippen molar-refractivity contribution >= 4 is 41.3 Å². The Bertz CT molecular complexity index is 390. The minimum atomic E-state index is 0. The van der Waals surface area contributed by atoms with Crippen LogP contribution in [0.15, 0.2) is 10.4 Å². The Labute approximate surface area is 143 Å². The van der Waals surface area contributed by atoms with Gasteiger partial charge in [-0.2, -0.15) is 0 Å². The average Bonchev–Trinajstić information content (AvgIpc) is 2.78. The molecule has 2 N–H and O–H groups in total. The van der Waals surface area contributed by atoms with Crippen LogP contribution in [0.4, 0.5) is 0 Å². The quantitative estimate of drug-likeness (QED) is 0.314. The van der Waals surface area contributed by atoms with E-state index in [9.17, 15) is 0 Å². The fourth-order valence-electron chi connectivity index (χ4n) is 1.77. The highest BCUT2D eigenvalue weighted by molar-refractivity contribution is 14.0. The van der Waals surface area contributed by atoms with Gasteiger partial charge >= 0.3 is 0 Å². The first-order valence-corrected chi connectivity index (χ1v) is 7.85. The molecule has 0 aliphatic carbocycles. The van der Waals surface area contributed by atoms with E-state index in [0.717, 1.165) is 42.1 Å². The normalized spacial score (nSPS) is 11.3. The summed E-state index contributed by atoms with van der Waals surface area (Å²) in [5, 5.41) is 9.91. The van der Waals surface area contributed by atoms with E-state index in [1.807, 2.05) is 14.0 Å². The Morgan fingerprint density at radius 3 is 2.60 bits per heavy atom. The molecule has 1 aromatic rings. The Morgan fingerprint density at radius 2 is 2.05 bits per heavy atom. The second kappa shape index (κ2) is 11.3. The number of aromatic nitrogens is 1. The summed E-state index contributed by atoms with van der Waals surface area (Å²) in [4.78, 5) is 8.66. The fraction of sp³-hybridized carbons (Fsp3) is 0.714. The van der Waals surface area contributed by atoms with E-state index in [1.54, 1.807) is 11.3 Å². The predicted octanol–water partition coefficient (Wildman–Crippen LogP) is 3.21. The zero-order valence-corrected chi connectivity index (χ0v) is 16.0. The summed E-state index contributed by atoms with van der Waals surface area (Å²) >= 11 is 1.70. The first kappa shape index (κ1) is 19.6. The molecule has 1 aromatic heterocycles. The van der Waals surface area contributed by atoms with Crippen LogP contribution in [-0.2, 0) is 6.42 Å². The molecule has 6 heteroatoms. The molecular formula is C14H27IN4S. The van der Waals surface area contributed by atoms with Crippen molar-refractivity contribution in [1.82, 2.24) is 15.6 Å². The van der Waals surface area contributed by atoms with E-state index < -0.39 is 0 Å². The topological polar surface area (TPSA) is 49.3 Å². The highest BCUT2D eigenvalue weighted by Gasteiger charge is 2.00. The smallest absolute Gasteiger partial charge is 0.190 e. The number of hydrogen-bond acceptors (Lipinski definition) is 3. The maximum atomic E-state index is 4.45. The number of aliphatic imine (C=N–C) groups is 1. The van der Waals surface area contributed by atoms with Crippen LogP contribution in [-0.4, -0.2) is 31.1 Å². The molecule has 116 valence electrons. The van der Waals surface area contributed by atoms with Gasteiger partial charge in [0.25, 0.3) is 0 Å². The number of hydrogen-bond donors (Lipinski definition) is 2. The first-order valence-electron chi connectivity index (χ1n) is 6.97. The SMILES string of the molecule is CN=C(NCCCC(C)C)NCCc1csc(C)n1.I. The summed E-state index contributed by atoms with van der Waals surface area (Å²) in [5.41, 5.74) is 1.16. The zero-order chi connectivity index (χ0) is 14.1. The van der Waals surface area contributed by atoms with E-state index in [2.05, 4.69) is 39.8 Å². The minimum Gasteiger partial charge on any atom is -0.356 e. The molecule has 0 aliphatic rings. The lowest BCUT2D eigenvalue weighted by molar-refractivity contribution is 0.549. The van der Waals surface area contributed by atoms with Crippen molar-refractivity contribution in [2.24, 2.45) is 10.9 Å². The van der Waals surface area contributed by atoms with Crippen LogP contribution in [0, 0.1) is 12.8 Å². The maximum Gasteiger partial charge on any atom is 0.190 e. The third-order valence-electron chi connectivity index (χ3n) is 2.81. The van der Waals surface area contributed by atoms with E-state index >= 15 is 0 Å². The molecule has 0 saturated carbocycles. The largest absolute Gasteiger partial charge is 0.356 e.